The van der Waals surface area contributed by atoms with Gasteiger partial charge in [0.1, 0.15) is 35.2 Å². The van der Waals surface area contributed by atoms with E-state index >= 15 is 0 Å². The summed E-state index contributed by atoms with van der Waals surface area (Å²) in [5.41, 5.74) is 1.47. The molecule has 0 aliphatic carbocycles. The maximum Gasteiger partial charge on any atom is 0.343 e. The van der Waals surface area contributed by atoms with Crippen LogP contribution in [0.3, 0.4) is 0 Å². The van der Waals surface area contributed by atoms with Gasteiger partial charge in [0.05, 0.1) is 19.8 Å². The van der Waals surface area contributed by atoms with Gasteiger partial charge in [0, 0.05) is 12.1 Å². The molecule has 154 valence electrons. The Balaban J connectivity index is 1.89. The maximum atomic E-state index is 12.6. The van der Waals surface area contributed by atoms with Gasteiger partial charge >= 0.3 is 5.97 Å². The van der Waals surface area contributed by atoms with E-state index in [0.717, 1.165) is 5.56 Å². The van der Waals surface area contributed by atoms with Crippen molar-refractivity contribution in [3.63, 3.8) is 0 Å². The van der Waals surface area contributed by atoms with Gasteiger partial charge in [0.2, 0.25) is 0 Å². The normalized spacial score (nSPS) is 10.2. The highest BCUT2D eigenvalue weighted by molar-refractivity contribution is 6.01. The second-order valence-corrected chi connectivity index (χ2v) is 6.45. The summed E-state index contributed by atoms with van der Waals surface area (Å²) in [6, 6.07) is 19.2. The van der Waals surface area contributed by atoms with E-state index in [-0.39, 0.29) is 22.8 Å². The lowest BCUT2D eigenvalue weighted by Gasteiger charge is -2.15. The third kappa shape index (κ3) is 4.97. The smallest absolute Gasteiger partial charge is 0.343 e. The standard InChI is InChI=1S/C24H22O6/c1-16(25)23-21(28-3)13-20(29-15-17-7-5-4-6-8-17)14-22(23)30-24(26)18-9-11-19(27-2)12-10-18/h4-14H,15H2,1-3H3. The van der Waals surface area contributed by atoms with Gasteiger partial charge in [-0.1, -0.05) is 30.3 Å². The van der Waals surface area contributed by atoms with Crippen molar-refractivity contribution in [1.82, 2.24) is 0 Å². The number of rotatable bonds is 8. The molecule has 6 heteroatoms. The van der Waals surface area contributed by atoms with Crippen LogP contribution in [0.15, 0.2) is 66.7 Å². The molecule has 0 fully saturated rings. The van der Waals surface area contributed by atoms with Crippen molar-refractivity contribution >= 4 is 11.8 Å². The number of hydrogen-bond donors (Lipinski definition) is 0. The first kappa shape index (κ1) is 20.9. The number of carbonyl (C=O) groups excluding carboxylic acids is 2. The van der Waals surface area contributed by atoms with E-state index in [1.165, 1.54) is 20.1 Å². The molecular weight excluding hydrogens is 384 g/mol. The molecule has 0 N–H and O–H groups in total. The summed E-state index contributed by atoms with van der Waals surface area (Å²) < 4.78 is 21.8. The first-order chi connectivity index (χ1) is 14.5. The molecule has 0 spiro atoms. The van der Waals surface area contributed by atoms with Crippen LogP contribution in [0.5, 0.6) is 23.0 Å². The average molecular weight is 406 g/mol. The van der Waals surface area contributed by atoms with Gasteiger partial charge in [-0.25, -0.2) is 4.79 Å². The Hall–Kier alpha value is -3.80. The molecule has 0 unspecified atom stereocenters. The van der Waals surface area contributed by atoms with Crippen molar-refractivity contribution in [2.24, 2.45) is 0 Å². The zero-order chi connectivity index (χ0) is 21.5. The molecule has 0 radical (unpaired) electrons. The van der Waals surface area contributed by atoms with Crippen molar-refractivity contribution in [3.8, 4) is 23.0 Å². The first-order valence-corrected chi connectivity index (χ1v) is 9.27. The third-order valence-corrected chi connectivity index (χ3v) is 4.39. The molecule has 3 aromatic rings. The number of hydrogen-bond acceptors (Lipinski definition) is 6. The average Bonchev–Trinajstić information content (AvgIpc) is 2.77. The van der Waals surface area contributed by atoms with Gasteiger partial charge in [-0.2, -0.15) is 0 Å². The number of carbonyl (C=O) groups is 2. The van der Waals surface area contributed by atoms with Crippen molar-refractivity contribution in [3.05, 3.63) is 83.4 Å². The summed E-state index contributed by atoms with van der Waals surface area (Å²) in [6.45, 7) is 1.70. The minimum absolute atomic E-state index is 0.0747. The molecule has 0 heterocycles. The van der Waals surface area contributed by atoms with E-state index in [0.29, 0.717) is 23.7 Å². The molecule has 0 bridgehead atoms. The van der Waals surface area contributed by atoms with Crippen LogP contribution in [0.25, 0.3) is 0 Å². The van der Waals surface area contributed by atoms with Gasteiger partial charge in [0.25, 0.3) is 0 Å². The Kier molecular flexibility index (Phi) is 6.70. The summed E-state index contributed by atoms with van der Waals surface area (Å²) in [7, 11) is 2.98. The van der Waals surface area contributed by atoms with Gasteiger partial charge < -0.3 is 18.9 Å². The fourth-order valence-electron chi connectivity index (χ4n) is 2.86. The second-order valence-electron chi connectivity index (χ2n) is 6.45. The topological polar surface area (TPSA) is 71.1 Å². The highest BCUT2D eigenvalue weighted by Gasteiger charge is 2.21. The molecule has 0 amide bonds. The molecule has 0 saturated carbocycles. The minimum Gasteiger partial charge on any atom is -0.497 e. The van der Waals surface area contributed by atoms with Crippen molar-refractivity contribution in [2.75, 3.05) is 14.2 Å². The number of ether oxygens (including phenoxy) is 4. The Morgan fingerprint density at radius 2 is 1.47 bits per heavy atom. The Morgan fingerprint density at radius 1 is 0.800 bits per heavy atom. The lowest BCUT2D eigenvalue weighted by molar-refractivity contribution is 0.0732. The molecule has 3 rings (SSSR count). The number of methoxy groups -OCH3 is 2. The molecule has 0 saturated heterocycles. The lowest BCUT2D eigenvalue weighted by Crippen LogP contribution is -2.12. The van der Waals surface area contributed by atoms with Crippen LogP contribution in [-0.2, 0) is 6.61 Å². The van der Waals surface area contributed by atoms with Crippen LogP contribution < -0.4 is 18.9 Å². The van der Waals surface area contributed by atoms with E-state index in [1.807, 2.05) is 30.3 Å². The predicted octanol–water partition coefficient (Wildman–Crippen LogP) is 4.70. The fourth-order valence-corrected chi connectivity index (χ4v) is 2.86. The van der Waals surface area contributed by atoms with E-state index in [2.05, 4.69) is 0 Å². The monoisotopic (exact) mass is 406 g/mol. The molecule has 0 aromatic heterocycles. The molecule has 3 aromatic carbocycles. The number of esters is 1. The van der Waals surface area contributed by atoms with Crippen molar-refractivity contribution < 1.29 is 28.5 Å². The maximum absolute atomic E-state index is 12.6. The summed E-state index contributed by atoms with van der Waals surface area (Å²) in [5.74, 6) is 0.477. The third-order valence-electron chi connectivity index (χ3n) is 4.39. The molecule has 6 nitrogen and oxygen atoms in total. The summed E-state index contributed by atoms with van der Waals surface area (Å²) in [6.07, 6.45) is 0. The number of Topliss-reactive ketones (excluding diaryl/α,β-unsaturated/α-hetero) is 1. The first-order valence-electron chi connectivity index (χ1n) is 9.27. The highest BCUT2D eigenvalue weighted by atomic mass is 16.5. The minimum atomic E-state index is -0.609. The van der Waals surface area contributed by atoms with Crippen LogP contribution >= 0.6 is 0 Å². The zero-order valence-corrected chi connectivity index (χ0v) is 17.0. The Bertz CT molecular complexity index is 1030. The zero-order valence-electron chi connectivity index (χ0n) is 17.0. The SMILES string of the molecule is COc1ccc(C(=O)Oc2cc(OCc3ccccc3)cc(OC)c2C(C)=O)cc1. The van der Waals surface area contributed by atoms with Gasteiger partial charge in [0.15, 0.2) is 5.78 Å². The molecular formula is C24H22O6. The molecule has 30 heavy (non-hydrogen) atoms. The van der Waals surface area contributed by atoms with E-state index in [1.54, 1.807) is 37.4 Å². The Labute approximate surface area is 175 Å². The molecule has 0 atom stereocenters. The highest BCUT2D eigenvalue weighted by Crippen LogP contribution is 2.35. The van der Waals surface area contributed by atoms with Crippen LogP contribution in [0, 0.1) is 0 Å². The Morgan fingerprint density at radius 3 is 2.07 bits per heavy atom. The van der Waals surface area contributed by atoms with E-state index in [9.17, 15) is 9.59 Å². The number of benzene rings is 3. The summed E-state index contributed by atoms with van der Waals surface area (Å²) in [4.78, 5) is 24.8. The molecule has 0 aliphatic rings. The summed E-state index contributed by atoms with van der Waals surface area (Å²) >= 11 is 0. The van der Waals surface area contributed by atoms with Crippen LogP contribution in [0.2, 0.25) is 0 Å². The predicted molar refractivity (Wildman–Crippen MR) is 112 cm³/mol. The van der Waals surface area contributed by atoms with E-state index in [4.69, 9.17) is 18.9 Å². The summed E-state index contributed by atoms with van der Waals surface area (Å²) in [5, 5.41) is 0. The number of ketones is 1. The van der Waals surface area contributed by atoms with Crippen LogP contribution in [0.4, 0.5) is 0 Å². The quantitative estimate of drug-likeness (QED) is 0.307. The van der Waals surface area contributed by atoms with Crippen LogP contribution in [-0.4, -0.2) is 26.0 Å². The largest absolute Gasteiger partial charge is 0.497 e. The van der Waals surface area contributed by atoms with Gasteiger partial charge in [-0.05, 0) is 36.8 Å². The van der Waals surface area contributed by atoms with Gasteiger partial charge in [-0.15, -0.1) is 0 Å². The molecule has 0 aliphatic heterocycles. The van der Waals surface area contributed by atoms with Gasteiger partial charge in [-0.3, -0.25) is 4.79 Å². The van der Waals surface area contributed by atoms with Crippen LogP contribution in [0.1, 0.15) is 33.2 Å². The fraction of sp³-hybridized carbons (Fsp3) is 0.167. The van der Waals surface area contributed by atoms with Crippen molar-refractivity contribution in [2.45, 2.75) is 13.5 Å². The second kappa shape index (κ2) is 9.60. The lowest BCUT2D eigenvalue weighted by atomic mass is 10.1. The van der Waals surface area contributed by atoms with E-state index < -0.39 is 5.97 Å². The van der Waals surface area contributed by atoms with Crippen molar-refractivity contribution in [1.29, 1.82) is 0 Å².